The molecule has 5 heteroatoms. The molecule has 1 fully saturated rings. The van der Waals surface area contributed by atoms with Gasteiger partial charge in [-0.2, -0.15) is 0 Å². The normalized spacial score (nSPS) is 26.0. The molecule has 2 aromatic carbocycles. The average Bonchev–Trinajstić information content (AvgIpc) is 3.02. The van der Waals surface area contributed by atoms with E-state index in [1.165, 1.54) is 5.19 Å². The van der Waals surface area contributed by atoms with Crippen LogP contribution in [0.4, 0.5) is 0 Å². The van der Waals surface area contributed by atoms with E-state index >= 15 is 0 Å². The molecule has 0 radical (unpaired) electrons. The SMILES string of the molecule is COC[C@@H]1O[C@H](c2ccc(Br)cc2)[C@H](C=O)[C@H]1[Si](C)(C)c1ccccc1. The third-order valence-corrected chi connectivity index (χ3v) is 10.3. The van der Waals surface area contributed by atoms with Crippen LogP contribution in [-0.4, -0.2) is 34.2 Å². The number of hydrogen-bond donors (Lipinski definition) is 0. The lowest BCUT2D eigenvalue weighted by Crippen LogP contribution is -2.51. The number of methoxy groups -OCH3 is 1. The fraction of sp³-hybridized carbons (Fsp3) is 0.381. The second-order valence-corrected chi connectivity index (χ2v) is 13.0. The second-order valence-electron chi connectivity index (χ2n) is 7.43. The van der Waals surface area contributed by atoms with Crippen molar-refractivity contribution in [2.24, 2.45) is 5.92 Å². The van der Waals surface area contributed by atoms with Gasteiger partial charge < -0.3 is 14.3 Å². The zero-order chi connectivity index (χ0) is 18.7. The first-order chi connectivity index (χ1) is 12.5. The van der Waals surface area contributed by atoms with Gasteiger partial charge in [0.25, 0.3) is 0 Å². The molecule has 2 aromatic rings. The molecule has 0 amide bonds. The molecule has 0 N–H and O–H groups in total. The smallest absolute Gasteiger partial charge is 0.126 e. The Balaban J connectivity index is 2.00. The van der Waals surface area contributed by atoms with Crippen molar-refractivity contribution >= 4 is 35.5 Å². The van der Waals surface area contributed by atoms with Crippen LogP contribution in [0.2, 0.25) is 18.6 Å². The Hall–Kier alpha value is -1.27. The molecule has 1 aliphatic rings. The molecular weight excluding hydrogens is 408 g/mol. The summed E-state index contributed by atoms with van der Waals surface area (Å²) in [5.74, 6) is -0.168. The van der Waals surface area contributed by atoms with Gasteiger partial charge in [-0.1, -0.05) is 76.7 Å². The van der Waals surface area contributed by atoms with Crippen LogP contribution in [0.1, 0.15) is 11.7 Å². The van der Waals surface area contributed by atoms with Gasteiger partial charge in [0.1, 0.15) is 6.29 Å². The second kappa shape index (κ2) is 8.17. The molecular formula is C21H25BrO3Si. The third-order valence-electron chi connectivity index (χ3n) is 5.52. The highest BCUT2D eigenvalue weighted by Crippen LogP contribution is 2.49. The van der Waals surface area contributed by atoms with Crippen LogP contribution >= 0.6 is 15.9 Å². The highest BCUT2D eigenvalue weighted by molar-refractivity contribution is 9.10. The highest BCUT2D eigenvalue weighted by atomic mass is 79.9. The Bertz CT molecular complexity index is 733. The van der Waals surface area contributed by atoms with Crippen molar-refractivity contribution in [2.45, 2.75) is 30.8 Å². The summed E-state index contributed by atoms with van der Waals surface area (Å²) in [6.07, 6.45) is 0.803. The number of aldehydes is 1. The number of halogens is 1. The maximum atomic E-state index is 12.2. The number of ether oxygens (including phenoxy) is 2. The fourth-order valence-corrected chi connectivity index (χ4v) is 8.24. The first-order valence-corrected chi connectivity index (χ1v) is 12.8. The number of hydrogen-bond acceptors (Lipinski definition) is 3. The summed E-state index contributed by atoms with van der Waals surface area (Å²) in [6, 6.07) is 18.6. The van der Waals surface area contributed by atoms with Crippen molar-refractivity contribution in [3.63, 3.8) is 0 Å². The fourth-order valence-electron chi connectivity index (χ4n) is 4.22. The zero-order valence-electron chi connectivity index (χ0n) is 15.4. The molecule has 0 bridgehead atoms. The molecule has 138 valence electrons. The van der Waals surface area contributed by atoms with Crippen LogP contribution in [0.15, 0.2) is 59.1 Å². The lowest BCUT2D eigenvalue weighted by atomic mass is 9.95. The summed E-state index contributed by atoms with van der Waals surface area (Å²) in [5, 5.41) is 1.35. The largest absolute Gasteiger partial charge is 0.382 e. The lowest BCUT2D eigenvalue weighted by Gasteiger charge is -2.35. The van der Waals surface area contributed by atoms with E-state index in [-0.39, 0.29) is 23.7 Å². The molecule has 3 rings (SSSR count). The number of carbonyl (C=O) groups is 1. The van der Waals surface area contributed by atoms with Crippen LogP contribution in [0.3, 0.4) is 0 Å². The van der Waals surface area contributed by atoms with Crippen molar-refractivity contribution in [2.75, 3.05) is 13.7 Å². The van der Waals surface area contributed by atoms with E-state index in [4.69, 9.17) is 9.47 Å². The Morgan fingerprint density at radius 3 is 2.35 bits per heavy atom. The van der Waals surface area contributed by atoms with Crippen molar-refractivity contribution in [1.29, 1.82) is 0 Å². The van der Waals surface area contributed by atoms with E-state index < -0.39 is 8.07 Å². The third kappa shape index (κ3) is 3.72. The molecule has 0 aromatic heterocycles. The molecule has 4 atom stereocenters. The van der Waals surface area contributed by atoms with Crippen LogP contribution in [0.5, 0.6) is 0 Å². The first-order valence-electron chi connectivity index (χ1n) is 8.89. The maximum Gasteiger partial charge on any atom is 0.126 e. The minimum Gasteiger partial charge on any atom is -0.382 e. The Kier molecular flexibility index (Phi) is 6.12. The minimum atomic E-state index is -1.96. The van der Waals surface area contributed by atoms with Crippen LogP contribution < -0.4 is 5.19 Å². The van der Waals surface area contributed by atoms with Gasteiger partial charge in [0.2, 0.25) is 0 Å². The number of benzene rings is 2. The van der Waals surface area contributed by atoms with E-state index in [2.05, 4.69) is 53.3 Å². The predicted molar refractivity (Wildman–Crippen MR) is 110 cm³/mol. The monoisotopic (exact) mass is 432 g/mol. The van der Waals surface area contributed by atoms with Crippen LogP contribution in [0.25, 0.3) is 0 Å². The molecule has 1 aliphatic heterocycles. The Morgan fingerprint density at radius 1 is 1.12 bits per heavy atom. The van der Waals surface area contributed by atoms with Crippen LogP contribution in [0, 0.1) is 5.92 Å². The van der Waals surface area contributed by atoms with Gasteiger partial charge >= 0.3 is 0 Å². The topological polar surface area (TPSA) is 35.5 Å². The summed E-state index contributed by atoms with van der Waals surface area (Å²) in [4.78, 5) is 12.2. The van der Waals surface area contributed by atoms with Gasteiger partial charge in [-0.05, 0) is 23.2 Å². The van der Waals surface area contributed by atoms with E-state index in [1.54, 1.807) is 7.11 Å². The van der Waals surface area contributed by atoms with E-state index in [0.29, 0.717) is 6.61 Å². The Morgan fingerprint density at radius 2 is 1.77 bits per heavy atom. The van der Waals surface area contributed by atoms with Crippen molar-refractivity contribution < 1.29 is 14.3 Å². The molecule has 3 nitrogen and oxygen atoms in total. The summed E-state index contributed by atoms with van der Waals surface area (Å²) in [6.45, 7) is 5.17. The zero-order valence-corrected chi connectivity index (χ0v) is 18.0. The van der Waals surface area contributed by atoms with Crippen molar-refractivity contribution in [3.05, 3.63) is 64.6 Å². The molecule has 1 heterocycles. The van der Waals surface area contributed by atoms with Gasteiger partial charge in [-0.3, -0.25) is 0 Å². The standard InChI is InChI=1S/C21H25BrO3Si/c1-24-14-19-21(26(2,3)17-7-5-4-6-8-17)18(13-23)20(25-19)15-9-11-16(22)12-10-15/h4-13,18-21H,14H2,1-3H3/t18-,19-,20+,21+/m0/s1. The average molecular weight is 433 g/mol. The first kappa shape index (κ1) is 19.5. The van der Waals surface area contributed by atoms with Gasteiger partial charge in [0.15, 0.2) is 0 Å². The van der Waals surface area contributed by atoms with Crippen molar-refractivity contribution in [1.82, 2.24) is 0 Å². The number of carbonyl (C=O) groups excluding carboxylic acids is 1. The van der Waals surface area contributed by atoms with Gasteiger partial charge in [-0.25, -0.2) is 0 Å². The Labute approximate surface area is 164 Å². The molecule has 26 heavy (non-hydrogen) atoms. The lowest BCUT2D eigenvalue weighted by molar-refractivity contribution is -0.112. The molecule has 0 aliphatic carbocycles. The van der Waals surface area contributed by atoms with E-state index in [9.17, 15) is 4.79 Å². The predicted octanol–water partition coefficient (Wildman–Crippen LogP) is 4.34. The maximum absolute atomic E-state index is 12.2. The molecule has 0 spiro atoms. The van der Waals surface area contributed by atoms with Crippen LogP contribution in [-0.2, 0) is 14.3 Å². The van der Waals surface area contributed by atoms with Crippen molar-refractivity contribution in [3.8, 4) is 0 Å². The quantitative estimate of drug-likeness (QED) is 0.502. The summed E-state index contributed by atoms with van der Waals surface area (Å²) < 4.78 is 12.9. The molecule has 0 saturated carbocycles. The van der Waals surface area contributed by atoms with E-state index in [1.807, 2.05) is 30.3 Å². The summed E-state index contributed by atoms with van der Waals surface area (Å²) in [5.41, 5.74) is 1.21. The highest BCUT2D eigenvalue weighted by Gasteiger charge is 2.52. The van der Waals surface area contributed by atoms with Gasteiger partial charge in [0, 0.05) is 17.5 Å². The minimum absolute atomic E-state index is 0.0780. The molecule has 0 unspecified atom stereocenters. The van der Waals surface area contributed by atoms with Gasteiger partial charge in [0.05, 0.1) is 26.9 Å². The summed E-state index contributed by atoms with van der Waals surface area (Å²) >= 11 is 3.47. The summed E-state index contributed by atoms with van der Waals surface area (Å²) in [7, 11) is -0.267. The number of rotatable bonds is 6. The van der Waals surface area contributed by atoms with Gasteiger partial charge in [-0.15, -0.1) is 0 Å². The van der Waals surface area contributed by atoms with E-state index in [0.717, 1.165) is 16.3 Å². The molecule has 1 saturated heterocycles.